The van der Waals surface area contributed by atoms with Crippen LogP contribution in [-0.2, 0) is 11.8 Å². The Kier molecular flexibility index (Phi) is 3.14. The Morgan fingerprint density at radius 1 is 1.69 bits per heavy atom. The molecule has 0 aliphatic heterocycles. The summed E-state index contributed by atoms with van der Waals surface area (Å²) in [6, 6.07) is 1.81. The van der Waals surface area contributed by atoms with E-state index in [4.69, 9.17) is 4.74 Å². The molecule has 0 amide bonds. The lowest BCUT2D eigenvalue weighted by Crippen LogP contribution is -2.09. The van der Waals surface area contributed by atoms with Crippen LogP contribution in [0.4, 0.5) is 0 Å². The first-order chi connectivity index (χ1) is 6.07. The van der Waals surface area contributed by atoms with E-state index >= 15 is 0 Å². The molecule has 0 radical (unpaired) electrons. The monoisotopic (exact) mass is 245 g/mol. The molecule has 0 aliphatic carbocycles. The zero-order valence-electron chi connectivity index (χ0n) is 7.93. The molecule has 13 heavy (non-hydrogen) atoms. The van der Waals surface area contributed by atoms with Gasteiger partial charge in [0.05, 0.1) is 11.2 Å². The van der Waals surface area contributed by atoms with E-state index in [-0.39, 0.29) is 5.97 Å². The number of hydrogen-bond acceptors (Lipinski definition) is 2. The molecule has 72 valence electrons. The highest BCUT2D eigenvalue weighted by Gasteiger charge is 2.14. The molecule has 0 aliphatic rings. The van der Waals surface area contributed by atoms with Gasteiger partial charge in [0.1, 0.15) is 5.69 Å². The summed E-state index contributed by atoms with van der Waals surface area (Å²) >= 11 is 3.37. The van der Waals surface area contributed by atoms with E-state index in [0.29, 0.717) is 12.3 Å². The predicted molar refractivity (Wildman–Crippen MR) is 53.8 cm³/mol. The molecular formula is C9H12BrNO2. The SMILES string of the molecule is CCOC(=O)c1cc(C)c(Br)n1C. The summed E-state index contributed by atoms with van der Waals surface area (Å²) in [5.41, 5.74) is 1.61. The van der Waals surface area contributed by atoms with Gasteiger partial charge in [-0.1, -0.05) is 0 Å². The molecule has 4 heteroatoms. The molecule has 0 saturated carbocycles. The largest absolute Gasteiger partial charge is 0.461 e. The fourth-order valence-corrected chi connectivity index (χ4v) is 1.44. The summed E-state index contributed by atoms with van der Waals surface area (Å²) < 4.78 is 7.58. The Hall–Kier alpha value is -0.770. The van der Waals surface area contributed by atoms with Crippen LogP contribution in [0.15, 0.2) is 10.7 Å². The summed E-state index contributed by atoms with van der Waals surface area (Å²) in [7, 11) is 1.82. The van der Waals surface area contributed by atoms with Crippen molar-refractivity contribution >= 4 is 21.9 Å². The summed E-state index contributed by atoms with van der Waals surface area (Å²) in [5, 5.41) is 0. The Labute approximate surface area is 85.8 Å². The summed E-state index contributed by atoms with van der Waals surface area (Å²) in [6.45, 7) is 4.14. The second kappa shape index (κ2) is 3.96. The standard InChI is InChI=1S/C9H12BrNO2/c1-4-13-9(12)7-5-6(2)8(10)11(7)3/h5H,4H2,1-3H3. The maximum Gasteiger partial charge on any atom is 0.354 e. The van der Waals surface area contributed by atoms with Crippen molar-refractivity contribution in [2.45, 2.75) is 13.8 Å². The molecule has 1 aromatic heterocycles. The number of aromatic nitrogens is 1. The van der Waals surface area contributed by atoms with E-state index in [1.54, 1.807) is 11.5 Å². The molecule has 0 unspecified atom stereocenters. The molecular weight excluding hydrogens is 234 g/mol. The summed E-state index contributed by atoms with van der Waals surface area (Å²) in [5.74, 6) is -0.279. The van der Waals surface area contributed by atoms with Gasteiger partial charge in [-0.2, -0.15) is 0 Å². The highest BCUT2D eigenvalue weighted by Crippen LogP contribution is 2.20. The van der Waals surface area contributed by atoms with Gasteiger partial charge in [-0.15, -0.1) is 0 Å². The van der Waals surface area contributed by atoms with Crippen LogP contribution in [0, 0.1) is 6.92 Å². The molecule has 0 N–H and O–H groups in total. The van der Waals surface area contributed by atoms with Gasteiger partial charge in [-0.25, -0.2) is 4.79 Å². The van der Waals surface area contributed by atoms with Gasteiger partial charge in [0.15, 0.2) is 0 Å². The number of esters is 1. The number of carbonyl (C=O) groups is 1. The topological polar surface area (TPSA) is 31.2 Å². The van der Waals surface area contributed by atoms with Gasteiger partial charge < -0.3 is 9.30 Å². The highest BCUT2D eigenvalue weighted by molar-refractivity contribution is 9.10. The van der Waals surface area contributed by atoms with Gasteiger partial charge in [0.25, 0.3) is 0 Å². The Morgan fingerprint density at radius 3 is 2.69 bits per heavy atom. The van der Waals surface area contributed by atoms with Crippen LogP contribution >= 0.6 is 15.9 Å². The minimum absolute atomic E-state index is 0.279. The van der Waals surface area contributed by atoms with Crippen LogP contribution in [0.2, 0.25) is 0 Å². The third-order valence-electron chi connectivity index (χ3n) is 1.82. The van der Waals surface area contributed by atoms with Crippen molar-refractivity contribution in [3.8, 4) is 0 Å². The Bertz CT molecular complexity index is 331. The van der Waals surface area contributed by atoms with Crippen LogP contribution < -0.4 is 0 Å². The second-order valence-electron chi connectivity index (χ2n) is 2.78. The maximum atomic E-state index is 11.4. The lowest BCUT2D eigenvalue weighted by atomic mass is 10.3. The molecule has 1 aromatic rings. The maximum absolute atomic E-state index is 11.4. The van der Waals surface area contributed by atoms with E-state index < -0.39 is 0 Å². The average Bonchev–Trinajstić information content (AvgIpc) is 2.33. The smallest absolute Gasteiger partial charge is 0.354 e. The van der Waals surface area contributed by atoms with Gasteiger partial charge in [0, 0.05) is 7.05 Å². The zero-order valence-corrected chi connectivity index (χ0v) is 9.51. The minimum atomic E-state index is -0.279. The zero-order chi connectivity index (χ0) is 10.0. The van der Waals surface area contributed by atoms with Gasteiger partial charge in [-0.3, -0.25) is 0 Å². The van der Waals surface area contributed by atoms with Crippen molar-refractivity contribution in [1.29, 1.82) is 0 Å². The van der Waals surface area contributed by atoms with E-state index in [1.165, 1.54) is 0 Å². The number of ether oxygens (including phenoxy) is 1. The first kappa shape index (κ1) is 10.3. The fraction of sp³-hybridized carbons (Fsp3) is 0.444. The molecule has 0 atom stereocenters. The van der Waals surface area contributed by atoms with Crippen LogP contribution in [0.5, 0.6) is 0 Å². The highest BCUT2D eigenvalue weighted by atomic mass is 79.9. The third-order valence-corrected chi connectivity index (χ3v) is 2.98. The van der Waals surface area contributed by atoms with Crippen molar-refractivity contribution in [2.75, 3.05) is 6.61 Å². The average molecular weight is 246 g/mol. The van der Waals surface area contributed by atoms with E-state index in [0.717, 1.165) is 10.2 Å². The first-order valence-corrected chi connectivity index (χ1v) is 4.86. The molecule has 0 bridgehead atoms. The molecule has 1 rings (SSSR count). The van der Waals surface area contributed by atoms with Crippen molar-refractivity contribution in [3.63, 3.8) is 0 Å². The molecule has 0 fully saturated rings. The van der Waals surface area contributed by atoms with Crippen LogP contribution in [-0.4, -0.2) is 17.1 Å². The molecule has 0 saturated heterocycles. The summed E-state index contributed by atoms with van der Waals surface area (Å²) in [4.78, 5) is 11.4. The summed E-state index contributed by atoms with van der Waals surface area (Å²) in [6.07, 6.45) is 0. The first-order valence-electron chi connectivity index (χ1n) is 4.06. The second-order valence-corrected chi connectivity index (χ2v) is 3.53. The van der Waals surface area contributed by atoms with Crippen LogP contribution in [0.25, 0.3) is 0 Å². The van der Waals surface area contributed by atoms with Crippen LogP contribution in [0.1, 0.15) is 23.0 Å². The third kappa shape index (κ3) is 1.94. The molecule has 0 spiro atoms. The lowest BCUT2D eigenvalue weighted by Gasteiger charge is -2.02. The number of nitrogens with zero attached hydrogens (tertiary/aromatic N) is 1. The van der Waals surface area contributed by atoms with Crippen molar-refractivity contribution in [2.24, 2.45) is 7.05 Å². The van der Waals surface area contributed by atoms with E-state index in [9.17, 15) is 4.79 Å². The van der Waals surface area contributed by atoms with E-state index in [1.807, 2.05) is 20.0 Å². The van der Waals surface area contributed by atoms with Gasteiger partial charge in [-0.05, 0) is 41.4 Å². The quantitative estimate of drug-likeness (QED) is 0.749. The number of hydrogen-bond donors (Lipinski definition) is 0. The number of halogens is 1. The molecule has 3 nitrogen and oxygen atoms in total. The number of rotatable bonds is 2. The number of aryl methyl sites for hydroxylation is 1. The lowest BCUT2D eigenvalue weighted by molar-refractivity contribution is 0.0515. The fourth-order valence-electron chi connectivity index (χ4n) is 1.13. The predicted octanol–water partition coefficient (Wildman–Crippen LogP) is 2.27. The van der Waals surface area contributed by atoms with Crippen molar-refractivity contribution in [3.05, 3.63) is 21.9 Å². The minimum Gasteiger partial charge on any atom is -0.461 e. The molecule has 1 heterocycles. The molecule has 0 aromatic carbocycles. The van der Waals surface area contributed by atoms with Gasteiger partial charge >= 0.3 is 5.97 Å². The van der Waals surface area contributed by atoms with Crippen molar-refractivity contribution in [1.82, 2.24) is 4.57 Å². The normalized spacial score (nSPS) is 10.2. The van der Waals surface area contributed by atoms with Gasteiger partial charge in [0.2, 0.25) is 0 Å². The van der Waals surface area contributed by atoms with E-state index in [2.05, 4.69) is 15.9 Å². The Morgan fingerprint density at radius 2 is 2.31 bits per heavy atom. The van der Waals surface area contributed by atoms with Crippen molar-refractivity contribution < 1.29 is 9.53 Å². The number of carbonyl (C=O) groups excluding carboxylic acids is 1. The van der Waals surface area contributed by atoms with Crippen LogP contribution in [0.3, 0.4) is 0 Å². The Balaban J connectivity index is 3.01.